The van der Waals surface area contributed by atoms with E-state index in [1.54, 1.807) is 4.90 Å². The fourth-order valence-electron chi connectivity index (χ4n) is 8.99. The summed E-state index contributed by atoms with van der Waals surface area (Å²) < 4.78 is 38.1. The summed E-state index contributed by atoms with van der Waals surface area (Å²) in [5, 5.41) is 16.6. The Kier molecular flexibility index (Phi) is 8.59. The zero-order chi connectivity index (χ0) is 35.7. The number of carbonyl (C=O) groups excluding carboxylic acids is 3. The van der Waals surface area contributed by atoms with Gasteiger partial charge in [-0.25, -0.2) is 0 Å². The van der Waals surface area contributed by atoms with Crippen molar-refractivity contribution < 1.29 is 41.8 Å². The molecule has 0 unspecified atom stereocenters. The highest BCUT2D eigenvalue weighted by Crippen LogP contribution is 2.49. The highest BCUT2D eigenvalue weighted by Gasteiger charge is 2.72. The largest absolute Gasteiger partial charge is 0.394 e. The summed E-state index contributed by atoms with van der Waals surface area (Å²) in [5.74, 6) is -3.80. The topological polar surface area (TPSA) is 193 Å². The third-order valence-electron chi connectivity index (χ3n) is 11.2. The second-order valence-corrected chi connectivity index (χ2v) is 15.4. The number of aromatic amines is 1. The first-order valence-corrected chi connectivity index (χ1v) is 18.4. The molecule has 3 amide bonds. The van der Waals surface area contributed by atoms with Crippen LogP contribution in [0.1, 0.15) is 55.7 Å². The molecule has 0 spiro atoms. The van der Waals surface area contributed by atoms with E-state index in [9.17, 15) is 19.5 Å². The molecule has 8 rings (SSSR count). The molecule has 0 saturated carbocycles. The van der Waals surface area contributed by atoms with Crippen molar-refractivity contribution in [3.63, 3.8) is 0 Å². The Morgan fingerprint density at radius 1 is 1.12 bits per heavy atom. The maximum atomic E-state index is 14.6. The number of H-pyrrole nitrogens is 1. The number of aromatic nitrogens is 1. The van der Waals surface area contributed by atoms with Crippen LogP contribution >= 0.6 is 0 Å². The number of piperidine rings is 1. The average Bonchev–Trinajstić information content (AvgIpc) is 3.77. The fraction of sp³-hybridized carbons (Fsp3) is 0.514. The van der Waals surface area contributed by atoms with E-state index in [1.165, 1.54) is 21.4 Å². The molecule has 14 nitrogen and oxygen atoms in total. The van der Waals surface area contributed by atoms with Crippen molar-refractivity contribution in [2.24, 2.45) is 11.8 Å². The first-order valence-electron chi connectivity index (χ1n) is 17.0. The minimum absolute atomic E-state index is 0.164. The van der Waals surface area contributed by atoms with Gasteiger partial charge in [-0.1, -0.05) is 56.3 Å². The Labute approximate surface area is 290 Å². The Balaban J connectivity index is 0.000000734. The van der Waals surface area contributed by atoms with Crippen molar-refractivity contribution >= 4 is 39.0 Å². The Bertz CT molecular complexity index is 1930. The quantitative estimate of drug-likeness (QED) is 0.245. The summed E-state index contributed by atoms with van der Waals surface area (Å²) in [7, 11) is -2.60. The van der Waals surface area contributed by atoms with E-state index >= 15 is 0 Å². The van der Waals surface area contributed by atoms with Gasteiger partial charge in [0.1, 0.15) is 12.1 Å². The smallest absolute Gasteiger partial charge is 0.361 e. The molecule has 15 heteroatoms. The number of likely N-dealkylation sites (tertiary alicyclic amines) is 1. The lowest BCUT2D eigenvalue weighted by atomic mass is 9.72. The molecular weight excluding hydrogens is 666 g/mol. The molecule has 4 fully saturated rings. The van der Waals surface area contributed by atoms with Gasteiger partial charge in [0.05, 0.1) is 5.92 Å². The Morgan fingerprint density at radius 3 is 2.54 bits per heavy atom. The van der Waals surface area contributed by atoms with Gasteiger partial charge in [-0.3, -0.25) is 33.1 Å². The monoisotopic (exact) mass is 709 g/mol. The molecule has 3 aromatic rings. The number of rotatable bonds is 5. The molecule has 2 aromatic carbocycles. The van der Waals surface area contributed by atoms with Crippen molar-refractivity contribution in [3.05, 3.63) is 71.4 Å². The molecule has 4 aliphatic heterocycles. The minimum atomic E-state index is -4.67. The van der Waals surface area contributed by atoms with E-state index in [4.69, 9.17) is 22.3 Å². The molecule has 5 heterocycles. The maximum absolute atomic E-state index is 14.6. The number of aliphatic hydroxyl groups is 1. The van der Waals surface area contributed by atoms with Crippen LogP contribution < -0.4 is 5.32 Å². The van der Waals surface area contributed by atoms with Crippen molar-refractivity contribution in [3.8, 4) is 0 Å². The third-order valence-corrected chi connectivity index (χ3v) is 11.2. The first kappa shape index (κ1) is 34.6. The lowest BCUT2D eigenvalue weighted by Crippen LogP contribution is -2.71. The van der Waals surface area contributed by atoms with Crippen LogP contribution in [0.4, 0.5) is 0 Å². The van der Waals surface area contributed by atoms with Crippen LogP contribution in [-0.2, 0) is 42.4 Å². The minimum Gasteiger partial charge on any atom is -0.361 e. The molecule has 5 aliphatic rings. The lowest BCUT2D eigenvalue weighted by molar-refractivity contribution is -0.321. The molecule has 7 atom stereocenters. The van der Waals surface area contributed by atoms with Crippen LogP contribution in [0.3, 0.4) is 0 Å². The summed E-state index contributed by atoms with van der Waals surface area (Å²) in [6.45, 7) is 4.68. The fourth-order valence-corrected chi connectivity index (χ4v) is 8.99. The van der Waals surface area contributed by atoms with Crippen LogP contribution in [0.15, 0.2) is 54.7 Å². The second kappa shape index (κ2) is 12.4. The highest BCUT2D eigenvalue weighted by atomic mass is 32.3. The van der Waals surface area contributed by atoms with Gasteiger partial charge in [-0.2, -0.15) is 8.42 Å². The summed E-state index contributed by atoms with van der Waals surface area (Å²) in [6.07, 6.45) is 5.12. The average molecular weight is 710 g/mol. The summed E-state index contributed by atoms with van der Waals surface area (Å²) >= 11 is 0. The number of carbonyl (C=O) groups is 3. The van der Waals surface area contributed by atoms with Crippen molar-refractivity contribution in [1.82, 2.24) is 25.0 Å². The number of piperazine rings is 1. The zero-order valence-corrected chi connectivity index (χ0v) is 29.0. The second-order valence-electron chi connectivity index (χ2n) is 14.5. The van der Waals surface area contributed by atoms with Crippen LogP contribution in [0.2, 0.25) is 0 Å². The Hall–Kier alpha value is -3.86. The number of hydrogen-bond acceptors (Lipinski definition) is 8. The van der Waals surface area contributed by atoms with E-state index in [1.807, 2.05) is 44.2 Å². The van der Waals surface area contributed by atoms with Crippen LogP contribution in [0.25, 0.3) is 10.9 Å². The number of benzene rings is 2. The number of nitrogens with zero attached hydrogens (tertiary/aromatic N) is 3. The normalized spacial score (nSPS) is 32.0. The van der Waals surface area contributed by atoms with Crippen molar-refractivity contribution in [2.75, 3.05) is 20.1 Å². The van der Waals surface area contributed by atoms with Crippen LogP contribution in [0.5, 0.6) is 0 Å². The molecule has 1 aliphatic carbocycles. The number of nitrogens with one attached hydrogen (secondary N) is 2. The maximum Gasteiger partial charge on any atom is 0.394 e. The van der Waals surface area contributed by atoms with Crippen molar-refractivity contribution in [2.45, 2.75) is 81.6 Å². The van der Waals surface area contributed by atoms with Gasteiger partial charge in [-0.15, -0.1) is 0 Å². The number of ether oxygens (including phenoxy) is 1. The van der Waals surface area contributed by atoms with Crippen LogP contribution in [-0.4, -0.2) is 110 Å². The summed E-state index contributed by atoms with van der Waals surface area (Å²) in [6, 6.07) is 14.5. The van der Waals surface area contributed by atoms with Gasteiger partial charge >= 0.3 is 10.4 Å². The first-order chi connectivity index (χ1) is 23.6. The summed E-state index contributed by atoms with van der Waals surface area (Å²) in [5.41, 5.74) is 2.75. The van der Waals surface area contributed by atoms with Gasteiger partial charge in [0, 0.05) is 54.5 Å². The molecule has 0 bridgehead atoms. The number of fused-ring (bicyclic) bond motifs is 5. The van der Waals surface area contributed by atoms with E-state index in [0.717, 1.165) is 17.5 Å². The number of hydrogen-bond donors (Lipinski definition) is 5. The Morgan fingerprint density at radius 2 is 1.84 bits per heavy atom. The van der Waals surface area contributed by atoms with Gasteiger partial charge in [0.15, 0.2) is 0 Å². The van der Waals surface area contributed by atoms with Crippen molar-refractivity contribution in [1.29, 1.82) is 0 Å². The number of likely N-dealkylation sites (N-methyl/N-ethyl adjacent to an activating group) is 1. The molecule has 50 heavy (non-hydrogen) atoms. The van der Waals surface area contributed by atoms with E-state index < -0.39 is 51.9 Å². The van der Waals surface area contributed by atoms with E-state index in [-0.39, 0.29) is 30.2 Å². The zero-order valence-electron chi connectivity index (χ0n) is 28.2. The number of amides is 3. The highest BCUT2D eigenvalue weighted by molar-refractivity contribution is 7.79. The standard InChI is InChI=1S/C35H41N5O5.H2O4S/c1-20(2)34(37-31(41)23-16-25-24-11-7-12-26-30(24)22(18-36-26)17-27(25)38(3)19-23)33(43)40-28(15-21-9-5-4-6-10-21)32(42)39-14-8-13-29(39)35(40,44)45-34;1-5(2,3)4/h4-7,9-12,18,20,23,25,27-29,36,44H,8,13-17,19H2,1-3H3,(H,37,41);(H2,1,2,3,4)/t23-,25-,27-,28+,29+,34-,35+;/m1./s1. The van der Waals surface area contributed by atoms with Gasteiger partial charge in [-0.05, 0) is 55.5 Å². The van der Waals surface area contributed by atoms with E-state index in [0.29, 0.717) is 32.4 Å². The predicted molar refractivity (Wildman–Crippen MR) is 181 cm³/mol. The van der Waals surface area contributed by atoms with Gasteiger partial charge in [0.25, 0.3) is 11.8 Å². The van der Waals surface area contributed by atoms with Gasteiger partial charge < -0.3 is 25.2 Å². The molecule has 0 radical (unpaired) electrons. The molecular formula is C35H43N5O9S. The SMILES string of the molecule is CC(C)[C@@]1(NC(=O)[C@@H]2C[C@@H]3c4cccc5[nH]cc(c45)C[C@H]3N(C)C2)O[C@@]2(O)[C@@H]3CCCN3C(=O)[C@H](Cc3ccccc3)N2C1=O.O=S(=O)(O)O. The predicted octanol–water partition coefficient (Wildman–Crippen LogP) is 2.06. The third kappa shape index (κ3) is 5.69. The molecule has 268 valence electrons. The molecule has 1 aromatic heterocycles. The summed E-state index contributed by atoms with van der Waals surface area (Å²) in [4.78, 5) is 51.4. The lowest BCUT2D eigenvalue weighted by Gasteiger charge is -2.48. The molecule has 5 N–H and O–H groups in total. The van der Waals surface area contributed by atoms with Crippen LogP contribution in [0, 0.1) is 11.8 Å². The molecule has 4 saturated heterocycles. The van der Waals surface area contributed by atoms with E-state index in [2.05, 4.69) is 46.6 Å². The van der Waals surface area contributed by atoms with Gasteiger partial charge in [0.2, 0.25) is 17.5 Å².